The summed E-state index contributed by atoms with van der Waals surface area (Å²) in [6.07, 6.45) is 3.47. The van der Waals surface area contributed by atoms with Gasteiger partial charge in [0.2, 0.25) is 11.9 Å². The number of anilines is 2. The predicted molar refractivity (Wildman–Crippen MR) is 107 cm³/mol. The molecule has 142 valence electrons. The molecule has 0 spiro atoms. The molecular formula is C19H20N8O. The minimum atomic E-state index is -0.201. The van der Waals surface area contributed by atoms with Crippen molar-refractivity contribution in [1.82, 2.24) is 29.5 Å². The Morgan fingerprint density at radius 2 is 2.04 bits per heavy atom. The largest absolute Gasteiger partial charge is 0.357 e. The van der Waals surface area contributed by atoms with Gasteiger partial charge in [0, 0.05) is 36.9 Å². The number of hydrogen-bond donors (Lipinski definition) is 2. The quantitative estimate of drug-likeness (QED) is 0.554. The van der Waals surface area contributed by atoms with E-state index >= 15 is 0 Å². The summed E-state index contributed by atoms with van der Waals surface area (Å²) < 4.78 is 3.32. The van der Waals surface area contributed by atoms with E-state index in [4.69, 9.17) is 0 Å². The van der Waals surface area contributed by atoms with E-state index in [0.717, 1.165) is 27.9 Å². The Morgan fingerprint density at radius 3 is 2.86 bits per heavy atom. The highest BCUT2D eigenvalue weighted by Crippen LogP contribution is 2.22. The third-order valence-corrected chi connectivity index (χ3v) is 4.33. The minimum Gasteiger partial charge on any atom is -0.357 e. The Balaban J connectivity index is 1.51. The van der Waals surface area contributed by atoms with Gasteiger partial charge in [-0.2, -0.15) is 10.2 Å². The number of fused-ring (bicyclic) bond motifs is 1. The highest BCUT2D eigenvalue weighted by molar-refractivity contribution is 5.99. The molecule has 0 atom stereocenters. The molecule has 9 heteroatoms. The van der Waals surface area contributed by atoms with Crippen LogP contribution < -0.4 is 10.6 Å². The second kappa shape index (κ2) is 7.10. The number of carbonyl (C=O) groups excluding carboxylic acids is 1. The lowest BCUT2D eigenvalue weighted by Gasteiger charge is -2.04. The summed E-state index contributed by atoms with van der Waals surface area (Å²) in [7, 11) is 3.62. The number of nitrogens with one attached hydrogen (secondary N) is 2. The van der Waals surface area contributed by atoms with Gasteiger partial charge in [-0.05, 0) is 25.1 Å². The number of benzene rings is 1. The third-order valence-electron chi connectivity index (χ3n) is 4.33. The lowest BCUT2D eigenvalue weighted by molar-refractivity contribution is -0.116. The molecular weight excluding hydrogens is 356 g/mol. The van der Waals surface area contributed by atoms with Crippen LogP contribution >= 0.6 is 0 Å². The van der Waals surface area contributed by atoms with Gasteiger partial charge < -0.3 is 10.6 Å². The molecule has 9 nitrogen and oxygen atoms in total. The van der Waals surface area contributed by atoms with E-state index in [0.29, 0.717) is 11.8 Å². The van der Waals surface area contributed by atoms with Crippen LogP contribution in [-0.2, 0) is 18.4 Å². The molecule has 0 unspecified atom stereocenters. The fourth-order valence-corrected chi connectivity index (χ4v) is 3.04. The molecule has 0 aliphatic carbocycles. The molecule has 0 fully saturated rings. The van der Waals surface area contributed by atoms with Crippen LogP contribution in [0.4, 0.5) is 11.8 Å². The number of para-hydroxylation sites is 1. The first-order valence-corrected chi connectivity index (χ1v) is 8.81. The monoisotopic (exact) mass is 376 g/mol. The van der Waals surface area contributed by atoms with Crippen molar-refractivity contribution in [3.8, 4) is 11.3 Å². The number of hydrogen-bond acceptors (Lipinski definition) is 6. The van der Waals surface area contributed by atoms with Gasteiger partial charge in [0.1, 0.15) is 6.54 Å². The molecule has 3 aromatic heterocycles. The van der Waals surface area contributed by atoms with Crippen molar-refractivity contribution < 1.29 is 4.79 Å². The first kappa shape index (κ1) is 17.7. The molecule has 0 bridgehead atoms. The van der Waals surface area contributed by atoms with Crippen molar-refractivity contribution in [1.29, 1.82) is 0 Å². The lowest BCUT2D eigenvalue weighted by atomic mass is 10.2. The number of carbonyl (C=O) groups is 1. The fraction of sp³-hybridized carbons (Fsp3) is 0.211. The van der Waals surface area contributed by atoms with E-state index in [1.807, 2.05) is 44.3 Å². The second-order valence-corrected chi connectivity index (χ2v) is 6.43. The smallest absolute Gasteiger partial charge is 0.247 e. The van der Waals surface area contributed by atoms with Crippen molar-refractivity contribution in [2.24, 2.45) is 7.05 Å². The summed E-state index contributed by atoms with van der Waals surface area (Å²) >= 11 is 0. The number of rotatable bonds is 5. The SMILES string of the molecule is CNc1nc(C)cc(-c2cnn(CC(=O)Nc3nn(C)c4ccccc34)c2)n1. The highest BCUT2D eigenvalue weighted by atomic mass is 16.2. The van der Waals surface area contributed by atoms with Crippen molar-refractivity contribution in [2.45, 2.75) is 13.5 Å². The maximum absolute atomic E-state index is 12.5. The summed E-state index contributed by atoms with van der Waals surface area (Å²) in [5.41, 5.74) is 3.37. The topological polar surface area (TPSA) is 103 Å². The van der Waals surface area contributed by atoms with Crippen LogP contribution in [0.3, 0.4) is 0 Å². The first-order chi connectivity index (χ1) is 13.5. The van der Waals surface area contributed by atoms with Crippen molar-refractivity contribution in [3.63, 3.8) is 0 Å². The number of amides is 1. The van der Waals surface area contributed by atoms with Gasteiger partial charge in [-0.25, -0.2) is 9.97 Å². The first-order valence-electron chi connectivity index (χ1n) is 8.81. The summed E-state index contributed by atoms with van der Waals surface area (Å²) in [5, 5.41) is 15.4. The summed E-state index contributed by atoms with van der Waals surface area (Å²) in [5.74, 6) is 0.886. The Hall–Kier alpha value is -3.75. The maximum Gasteiger partial charge on any atom is 0.247 e. The molecule has 0 aliphatic rings. The van der Waals surface area contributed by atoms with Gasteiger partial charge in [-0.3, -0.25) is 14.2 Å². The normalized spacial score (nSPS) is 11.0. The molecule has 0 saturated heterocycles. The molecule has 0 aliphatic heterocycles. The average molecular weight is 376 g/mol. The molecule has 2 N–H and O–H groups in total. The van der Waals surface area contributed by atoms with Crippen molar-refractivity contribution in [3.05, 3.63) is 48.4 Å². The Morgan fingerprint density at radius 1 is 1.21 bits per heavy atom. The number of aromatic nitrogens is 6. The van der Waals surface area contributed by atoms with E-state index in [2.05, 4.69) is 30.8 Å². The predicted octanol–water partition coefficient (Wildman–Crippen LogP) is 2.22. The van der Waals surface area contributed by atoms with Gasteiger partial charge in [0.05, 0.1) is 17.4 Å². The Labute approximate surface area is 161 Å². The van der Waals surface area contributed by atoms with Gasteiger partial charge >= 0.3 is 0 Å². The molecule has 0 saturated carbocycles. The van der Waals surface area contributed by atoms with Crippen molar-refractivity contribution in [2.75, 3.05) is 17.7 Å². The molecule has 4 aromatic rings. The second-order valence-electron chi connectivity index (χ2n) is 6.43. The summed E-state index contributed by atoms with van der Waals surface area (Å²) in [4.78, 5) is 21.2. The van der Waals surface area contributed by atoms with Gasteiger partial charge in [0.25, 0.3) is 0 Å². The van der Waals surface area contributed by atoms with Crippen LogP contribution in [0.2, 0.25) is 0 Å². The molecule has 4 rings (SSSR count). The van der Waals surface area contributed by atoms with Crippen LogP contribution in [0, 0.1) is 6.92 Å². The van der Waals surface area contributed by atoms with Crippen LogP contribution in [0.25, 0.3) is 22.2 Å². The maximum atomic E-state index is 12.5. The van der Waals surface area contributed by atoms with E-state index in [9.17, 15) is 4.79 Å². The van der Waals surface area contributed by atoms with Crippen molar-refractivity contribution >= 4 is 28.6 Å². The highest BCUT2D eigenvalue weighted by Gasteiger charge is 2.13. The summed E-state index contributed by atoms with van der Waals surface area (Å²) in [6.45, 7) is 1.98. The minimum absolute atomic E-state index is 0.0772. The molecule has 1 aromatic carbocycles. The zero-order valence-electron chi connectivity index (χ0n) is 15.8. The van der Waals surface area contributed by atoms with Gasteiger partial charge in [0.15, 0.2) is 5.82 Å². The molecule has 28 heavy (non-hydrogen) atoms. The zero-order chi connectivity index (χ0) is 19.7. The van der Waals surface area contributed by atoms with E-state index in [-0.39, 0.29) is 12.5 Å². The third kappa shape index (κ3) is 3.41. The standard InChI is InChI=1S/C19H20N8O/c1-12-8-15(23-19(20-2)22-12)13-9-21-27(10-13)11-17(28)24-18-14-6-4-5-7-16(14)26(3)25-18/h4-10H,11H2,1-3H3,(H,20,22,23)(H,24,25,28). The van der Waals surface area contributed by atoms with Crippen LogP contribution in [-0.4, -0.2) is 42.5 Å². The Bertz CT molecular complexity index is 1160. The average Bonchev–Trinajstić information content (AvgIpc) is 3.26. The molecule has 1 amide bonds. The Kier molecular flexibility index (Phi) is 4.48. The summed E-state index contributed by atoms with van der Waals surface area (Å²) in [6, 6.07) is 9.63. The lowest BCUT2D eigenvalue weighted by Crippen LogP contribution is -2.19. The fourth-order valence-electron chi connectivity index (χ4n) is 3.04. The molecule has 0 radical (unpaired) electrons. The van der Waals surface area contributed by atoms with Gasteiger partial charge in [-0.1, -0.05) is 12.1 Å². The van der Waals surface area contributed by atoms with E-state index < -0.39 is 0 Å². The zero-order valence-corrected chi connectivity index (χ0v) is 15.8. The van der Waals surface area contributed by atoms with Gasteiger partial charge in [-0.15, -0.1) is 0 Å². The number of nitrogens with zero attached hydrogens (tertiary/aromatic N) is 6. The van der Waals surface area contributed by atoms with E-state index in [1.165, 1.54) is 0 Å². The van der Waals surface area contributed by atoms with Crippen LogP contribution in [0.15, 0.2) is 42.7 Å². The number of aryl methyl sites for hydroxylation is 2. The van der Waals surface area contributed by atoms with E-state index in [1.54, 1.807) is 28.8 Å². The molecule has 3 heterocycles. The van der Waals surface area contributed by atoms with Crippen LogP contribution in [0.1, 0.15) is 5.69 Å². The van der Waals surface area contributed by atoms with Crippen LogP contribution in [0.5, 0.6) is 0 Å².